The quantitative estimate of drug-likeness (QED) is 0.758. The first-order chi connectivity index (χ1) is 8.08. The maximum absolute atomic E-state index is 11.8. The SMILES string of the molecule is CC(c1ccc(Cl)cc1)N1CCC(=O)CC1=O. The molecule has 0 aliphatic carbocycles. The van der Waals surface area contributed by atoms with Gasteiger partial charge in [-0.3, -0.25) is 9.59 Å². The third-order valence-corrected chi connectivity index (χ3v) is 3.37. The summed E-state index contributed by atoms with van der Waals surface area (Å²) in [5.74, 6) is -0.0433. The summed E-state index contributed by atoms with van der Waals surface area (Å²) in [6.45, 7) is 2.48. The Morgan fingerprint density at radius 2 is 1.88 bits per heavy atom. The molecule has 0 spiro atoms. The average Bonchev–Trinajstić information content (AvgIpc) is 2.29. The monoisotopic (exact) mass is 251 g/mol. The largest absolute Gasteiger partial charge is 0.335 e. The number of halogens is 1. The first-order valence-electron chi connectivity index (χ1n) is 5.64. The smallest absolute Gasteiger partial charge is 0.230 e. The van der Waals surface area contributed by atoms with E-state index in [1.807, 2.05) is 31.2 Å². The Morgan fingerprint density at radius 1 is 1.24 bits per heavy atom. The van der Waals surface area contributed by atoms with Gasteiger partial charge < -0.3 is 4.90 Å². The third-order valence-electron chi connectivity index (χ3n) is 3.12. The van der Waals surface area contributed by atoms with E-state index < -0.39 is 0 Å². The molecule has 1 aliphatic heterocycles. The molecule has 1 amide bonds. The summed E-state index contributed by atoms with van der Waals surface area (Å²) in [7, 11) is 0. The zero-order valence-corrected chi connectivity index (χ0v) is 10.4. The van der Waals surface area contributed by atoms with Gasteiger partial charge >= 0.3 is 0 Å². The lowest BCUT2D eigenvalue weighted by Gasteiger charge is -2.32. The topological polar surface area (TPSA) is 37.4 Å². The van der Waals surface area contributed by atoms with E-state index in [1.165, 1.54) is 0 Å². The molecule has 17 heavy (non-hydrogen) atoms. The molecule has 1 aromatic carbocycles. The van der Waals surface area contributed by atoms with E-state index in [9.17, 15) is 9.59 Å². The number of amides is 1. The number of carbonyl (C=O) groups is 2. The van der Waals surface area contributed by atoms with E-state index >= 15 is 0 Å². The van der Waals surface area contributed by atoms with Crippen molar-refractivity contribution in [3.63, 3.8) is 0 Å². The lowest BCUT2D eigenvalue weighted by atomic mass is 10.0. The summed E-state index contributed by atoms with van der Waals surface area (Å²) in [5.41, 5.74) is 1.04. The number of hydrogen-bond donors (Lipinski definition) is 0. The zero-order chi connectivity index (χ0) is 12.4. The molecule has 0 radical (unpaired) electrons. The molecule has 0 saturated carbocycles. The van der Waals surface area contributed by atoms with Crippen molar-refractivity contribution in [1.29, 1.82) is 0 Å². The van der Waals surface area contributed by atoms with Gasteiger partial charge in [0.05, 0.1) is 12.5 Å². The maximum atomic E-state index is 11.8. The molecule has 1 atom stereocenters. The Kier molecular flexibility index (Phi) is 3.48. The standard InChI is InChI=1S/C13H14ClNO2/c1-9(10-2-4-11(14)5-3-10)15-7-6-12(16)8-13(15)17/h2-5,9H,6-8H2,1H3. The van der Waals surface area contributed by atoms with E-state index in [4.69, 9.17) is 11.6 Å². The number of carbonyl (C=O) groups excluding carboxylic acids is 2. The summed E-state index contributed by atoms with van der Waals surface area (Å²) in [6.07, 6.45) is 0.502. The van der Waals surface area contributed by atoms with E-state index in [-0.39, 0.29) is 24.2 Å². The minimum Gasteiger partial charge on any atom is -0.335 e. The number of hydrogen-bond acceptors (Lipinski definition) is 2. The minimum atomic E-state index is -0.0799. The number of nitrogens with zero attached hydrogens (tertiary/aromatic N) is 1. The van der Waals surface area contributed by atoms with Crippen LogP contribution in [0.5, 0.6) is 0 Å². The Bertz CT molecular complexity index is 441. The molecule has 0 N–H and O–H groups in total. The normalized spacial score (nSPS) is 18.4. The average molecular weight is 252 g/mol. The predicted molar refractivity (Wildman–Crippen MR) is 65.8 cm³/mol. The number of ketones is 1. The van der Waals surface area contributed by atoms with Crippen LogP contribution >= 0.6 is 11.6 Å². The molecule has 1 aliphatic rings. The van der Waals surface area contributed by atoms with Crippen LogP contribution < -0.4 is 0 Å². The molecule has 2 rings (SSSR count). The third kappa shape index (κ3) is 2.67. The van der Waals surface area contributed by atoms with Crippen LogP contribution in [0.15, 0.2) is 24.3 Å². The lowest BCUT2D eigenvalue weighted by molar-refractivity contribution is -0.141. The second kappa shape index (κ2) is 4.88. The van der Waals surface area contributed by atoms with Crippen LogP contribution in [-0.4, -0.2) is 23.1 Å². The minimum absolute atomic E-state index is 0.00660. The fraction of sp³-hybridized carbons (Fsp3) is 0.385. The molecule has 90 valence electrons. The van der Waals surface area contributed by atoms with Gasteiger partial charge in [0.2, 0.25) is 5.91 Å². The van der Waals surface area contributed by atoms with Crippen molar-refractivity contribution in [3.05, 3.63) is 34.9 Å². The lowest BCUT2D eigenvalue weighted by Crippen LogP contribution is -2.40. The Morgan fingerprint density at radius 3 is 2.47 bits per heavy atom. The number of piperidine rings is 1. The highest BCUT2D eigenvalue weighted by molar-refractivity contribution is 6.30. The number of Topliss-reactive ketones (excluding diaryl/α,β-unsaturated/α-hetero) is 1. The second-order valence-corrected chi connectivity index (χ2v) is 4.72. The van der Waals surface area contributed by atoms with E-state index in [0.29, 0.717) is 18.0 Å². The molecular formula is C13H14ClNO2. The summed E-state index contributed by atoms with van der Waals surface area (Å²) >= 11 is 5.82. The highest BCUT2D eigenvalue weighted by Gasteiger charge is 2.27. The van der Waals surface area contributed by atoms with Crippen LogP contribution in [0.4, 0.5) is 0 Å². The first kappa shape index (κ1) is 12.1. The zero-order valence-electron chi connectivity index (χ0n) is 9.65. The van der Waals surface area contributed by atoms with Crippen molar-refractivity contribution in [1.82, 2.24) is 4.90 Å². The van der Waals surface area contributed by atoms with Crippen molar-refractivity contribution in [2.24, 2.45) is 0 Å². The molecule has 1 saturated heterocycles. The van der Waals surface area contributed by atoms with Gasteiger partial charge in [0.25, 0.3) is 0 Å². The summed E-state index contributed by atoms with van der Waals surface area (Å²) < 4.78 is 0. The Balaban J connectivity index is 2.14. The molecular weight excluding hydrogens is 238 g/mol. The molecule has 3 nitrogen and oxygen atoms in total. The van der Waals surface area contributed by atoms with Crippen molar-refractivity contribution in [3.8, 4) is 0 Å². The molecule has 1 aromatic rings. The first-order valence-corrected chi connectivity index (χ1v) is 6.02. The fourth-order valence-electron chi connectivity index (χ4n) is 2.06. The van der Waals surface area contributed by atoms with Gasteiger partial charge in [0.15, 0.2) is 0 Å². The number of likely N-dealkylation sites (tertiary alicyclic amines) is 1. The van der Waals surface area contributed by atoms with E-state index in [0.717, 1.165) is 5.56 Å². The van der Waals surface area contributed by atoms with Gasteiger partial charge in [0, 0.05) is 18.0 Å². The van der Waals surface area contributed by atoms with E-state index in [1.54, 1.807) is 4.90 Å². The highest BCUT2D eigenvalue weighted by Crippen LogP contribution is 2.24. The van der Waals surface area contributed by atoms with Gasteiger partial charge in [-0.2, -0.15) is 0 Å². The Hall–Kier alpha value is -1.35. The predicted octanol–water partition coefficient (Wildman–Crippen LogP) is 2.59. The van der Waals surface area contributed by atoms with Crippen LogP contribution in [-0.2, 0) is 9.59 Å². The van der Waals surface area contributed by atoms with Crippen LogP contribution in [0.25, 0.3) is 0 Å². The number of benzene rings is 1. The summed E-state index contributed by atoms with van der Waals surface area (Å²) in [6, 6.07) is 7.45. The van der Waals surface area contributed by atoms with Crippen LogP contribution in [0, 0.1) is 0 Å². The second-order valence-electron chi connectivity index (χ2n) is 4.28. The molecule has 1 unspecified atom stereocenters. The van der Waals surface area contributed by atoms with Gasteiger partial charge in [-0.1, -0.05) is 23.7 Å². The van der Waals surface area contributed by atoms with Gasteiger partial charge in [-0.05, 0) is 24.6 Å². The molecule has 4 heteroatoms. The van der Waals surface area contributed by atoms with Crippen molar-refractivity contribution in [2.45, 2.75) is 25.8 Å². The van der Waals surface area contributed by atoms with Crippen LogP contribution in [0.1, 0.15) is 31.4 Å². The molecule has 1 heterocycles. The van der Waals surface area contributed by atoms with Gasteiger partial charge in [-0.25, -0.2) is 0 Å². The fourth-order valence-corrected chi connectivity index (χ4v) is 2.19. The number of rotatable bonds is 2. The van der Waals surface area contributed by atoms with Crippen molar-refractivity contribution >= 4 is 23.3 Å². The van der Waals surface area contributed by atoms with Crippen LogP contribution in [0.3, 0.4) is 0 Å². The molecule has 1 fully saturated rings. The van der Waals surface area contributed by atoms with Crippen LogP contribution in [0.2, 0.25) is 5.02 Å². The maximum Gasteiger partial charge on any atom is 0.230 e. The summed E-state index contributed by atoms with van der Waals surface area (Å²) in [5, 5.41) is 0.682. The Labute approximate surface area is 105 Å². The van der Waals surface area contributed by atoms with Gasteiger partial charge in [-0.15, -0.1) is 0 Å². The van der Waals surface area contributed by atoms with Crippen molar-refractivity contribution in [2.75, 3.05) is 6.54 Å². The summed E-state index contributed by atoms with van der Waals surface area (Å²) in [4.78, 5) is 24.7. The van der Waals surface area contributed by atoms with Gasteiger partial charge in [0.1, 0.15) is 5.78 Å². The molecule has 0 bridgehead atoms. The van der Waals surface area contributed by atoms with E-state index in [2.05, 4.69) is 0 Å². The highest BCUT2D eigenvalue weighted by atomic mass is 35.5. The van der Waals surface area contributed by atoms with Crippen molar-refractivity contribution < 1.29 is 9.59 Å². The molecule has 0 aromatic heterocycles.